The van der Waals surface area contributed by atoms with Crippen molar-refractivity contribution in [1.82, 2.24) is 9.78 Å². The van der Waals surface area contributed by atoms with Crippen molar-refractivity contribution < 1.29 is 31.4 Å². The van der Waals surface area contributed by atoms with Crippen LogP contribution >= 0.6 is 12.2 Å². The van der Waals surface area contributed by atoms with Crippen molar-refractivity contribution in [2.45, 2.75) is 20.4 Å². The number of hydrogen-bond donors (Lipinski definition) is 2. The first-order chi connectivity index (χ1) is 15.6. The Morgan fingerprint density at radius 3 is 1.91 bits per heavy atom. The Bertz CT molecular complexity index is 1180. The summed E-state index contributed by atoms with van der Waals surface area (Å²) in [6, 6.07) is 5.05. The van der Waals surface area contributed by atoms with Crippen LogP contribution in [0, 0.1) is 42.9 Å². The zero-order valence-corrected chi connectivity index (χ0v) is 18.8. The van der Waals surface area contributed by atoms with Crippen LogP contribution in [-0.4, -0.2) is 29.1 Å². The van der Waals surface area contributed by atoms with Crippen LogP contribution in [0.1, 0.15) is 17.0 Å². The molecule has 2 aromatic carbocycles. The van der Waals surface area contributed by atoms with Gasteiger partial charge >= 0.3 is 0 Å². The molecule has 0 aliphatic carbocycles. The van der Waals surface area contributed by atoms with Crippen molar-refractivity contribution in [3.8, 4) is 11.5 Å². The number of halogens is 5. The number of ether oxygens (including phenoxy) is 2. The molecule has 0 aliphatic heterocycles. The molecule has 1 aromatic heterocycles. The van der Waals surface area contributed by atoms with Gasteiger partial charge in [-0.15, -0.1) is 0 Å². The van der Waals surface area contributed by atoms with Crippen LogP contribution in [0.2, 0.25) is 0 Å². The third-order valence-electron chi connectivity index (χ3n) is 4.84. The number of anilines is 2. The minimum atomic E-state index is -2.21. The SMILES string of the molecule is COc1cc(NC(=S)Nc2c(C)nn(Cc3c(F)c(F)c(F)c(F)c3F)c2C)cc(OC)c1. The highest BCUT2D eigenvalue weighted by Gasteiger charge is 2.26. The molecule has 0 spiro atoms. The Morgan fingerprint density at radius 2 is 1.39 bits per heavy atom. The average molecular weight is 486 g/mol. The molecule has 3 rings (SSSR count). The molecule has 3 aromatic rings. The van der Waals surface area contributed by atoms with Gasteiger partial charge in [0.05, 0.1) is 43.4 Å². The molecule has 0 aliphatic rings. The van der Waals surface area contributed by atoms with Crippen molar-refractivity contribution in [2.24, 2.45) is 0 Å². The van der Waals surface area contributed by atoms with Gasteiger partial charge in [-0.05, 0) is 26.1 Å². The van der Waals surface area contributed by atoms with Gasteiger partial charge in [-0.3, -0.25) is 4.68 Å². The Morgan fingerprint density at radius 1 is 0.879 bits per heavy atom. The number of thiocarbonyl (C=S) groups is 1. The lowest BCUT2D eigenvalue weighted by atomic mass is 10.1. The zero-order chi connectivity index (χ0) is 24.4. The van der Waals surface area contributed by atoms with Crippen LogP contribution in [0.3, 0.4) is 0 Å². The fourth-order valence-electron chi connectivity index (χ4n) is 3.13. The summed E-state index contributed by atoms with van der Waals surface area (Å²) in [5.74, 6) is -8.98. The van der Waals surface area contributed by atoms with Crippen molar-refractivity contribution in [1.29, 1.82) is 0 Å². The Kier molecular flexibility index (Phi) is 7.06. The summed E-state index contributed by atoms with van der Waals surface area (Å²) in [5.41, 5.74) is 0.735. The van der Waals surface area contributed by atoms with Crippen LogP contribution in [0.15, 0.2) is 18.2 Å². The fraction of sp³-hybridized carbons (Fsp3) is 0.238. The van der Waals surface area contributed by atoms with Gasteiger partial charge in [0.15, 0.2) is 28.4 Å². The van der Waals surface area contributed by atoms with E-state index in [1.807, 2.05) is 0 Å². The first kappa shape index (κ1) is 24.2. The fourth-order valence-corrected chi connectivity index (χ4v) is 3.35. The Hall–Kier alpha value is -3.41. The van der Waals surface area contributed by atoms with Crippen molar-refractivity contribution >= 4 is 28.7 Å². The molecule has 2 N–H and O–H groups in total. The van der Waals surface area contributed by atoms with E-state index in [9.17, 15) is 22.0 Å². The predicted octanol–water partition coefficient (Wildman–Crippen LogP) is 5.07. The van der Waals surface area contributed by atoms with Gasteiger partial charge in [0.25, 0.3) is 0 Å². The largest absolute Gasteiger partial charge is 0.497 e. The van der Waals surface area contributed by atoms with Gasteiger partial charge in [0.2, 0.25) is 5.82 Å². The molecule has 0 saturated heterocycles. The molecule has 0 saturated carbocycles. The van der Waals surface area contributed by atoms with E-state index in [0.29, 0.717) is 34.3 Å². The molecule has 0 bridgehead atoms. The van der Waals surface area contributed by atoms with Crippen LogP contribution in [-0.2, 0) is 6.54 Å². The summed E-state index contributed by atoms with van der Waals surface area (Å²) in [6.07, 6.45) is 0. The first-order valence-electron chi connectivity index (χ1n) is 9.42. The van der Waals surface area contributed by atoms with E-state index in [1.54, 1.807) is 32.0 Å². The standard InChI is InChI=1S/C21H19F5N4O2S/c1-9-20(28-21(33)27-11-5-12(31-3)7-13(6-11)32-4)10(2)30(29-9)8-14-15(22)17(24)19(26)18(25)16(14)23/h5-7H,8H2,1-4H3,(H2,27,28,33). The molecule has 12 heteroatoms. The van der Waals surface area contributed by atoms with Gasteiger partial charge in [0.1, 0.15) is 11.5 Å². The molecule has 176 valence electrons. The maximum atomic E-state index is 14.1. The lowest BCUT2D eigenvalue weighted by molar-refractivity contribution is 0.366. The van der Waals surface area contributed by atoms with Crippen LogP contribution in [0.25, 0.3) is 0 Å². The minimum Gasteiger partial charge on any atom is -0.497 e. The number of nitrogens with one attached hydrogen (secondary N) is 2. The molecular weight excluding hydrogens is 467 g/mol. The monoisotopic (exact) mass is 486 g/mol. The van der Waals surface area contributed by atoms with Crippen molar-refractivity contribution in [3.05, 3.63) is 64.2 Å². The summed E-state index contributed by atoms with van der Waals surface area (Å²) < 4.78 is 80.0. The number of hydrogen-bond acceptors (Lipinski definition) is 4. The molecule has 1 heterocycles. The predicted molar refractivity (Wildman–Crippen MR) is 116 cm³/mol. The van der Waals surface area contributed by atoms with Crippen molar-refractivity contribution in [3.63, 3.8) is 0 Å². The highest BCUT2D eigenvalue weighted by Crippen LogP contribution is 2.28. The maximum Gasteiger partial charge on any atom is 0.200 e. The summed E-state index contributed by atoms with van der Waals surface area (Å²) in [6.45, 7) is 2.49. The molecule has 6 nitrogen and oxygen atoms in total. The summed E-state index contributed by atoms with van der Waals surface area (Å²) in [7, 11) is 3.00. The topological polar surface area (TPSA) is 60.3 Å². The van der Waals surface area contributed by atoms with E-state index in [0.717, 1.165) is 4.68 Å². The number of aromatic nitrogens is 2. The molecule has 0 unspecified atom stereocenters. The lowest BCUT2D eigenvalue weighted by Gasteiger charge is -2.13. The second-order valence-corrected chi connectivity index (χ2v) is 7.34. The summed E-state index contributed by atoms with van der Waals surface area (Å²) in [5, 5.41) is 10.2. The number of benzene rings is 2. The second kappa shape index (κ2) is 9.61. The highest BCUT2D eigenvalue weighted by atomic mass is 32.1. The van der Waals surface area contributed by atoms with Gasteiger partial charge in [-0.25, -0.2) is 22.0 Å². The van der Waals surface area contributed by atoms with Crippen LogP contribution < -0.4 is 20.1 Å². The van der Waals surface area contributed by atoms with Gasteiger partial charge in [-0.2, -0.15) is 5.10 Å². The van der Waals surface area contributed by atoms with Crippen molar-refractivity contribution in [2.75, 3.05) is 24.9 Å². The Labute approximate surface area is 191 Å². The zero-order valence-electron chi connectivity index (χ0n) is 17.9. The Balaban J connectivity index is 1.84. The van der Waals surface area contributed by atoms with E-state index < -0.39 is 41.2 Å². The van der Waals surface area contributed by atoms with Gasteiger partial charge in [-0.1, -0.05) is 0 Å². The van der Waals surface area contributed by atoms with Gasteiger partial charge < -0.3 is 20.1 Å². The van der Waals surface area contributed by atoms with Crippen LogP contribution in [0.5, 0.6) is 11.5 Å². The number of nitrogens with zero attached hydrogens (tertiary/aromatic N) is 2. The molecule has 0 radical (unpaired) electrons. The quantitative estimate of drug-likeness (QED) is 0.220. The maximum absolute atomic E-state index is 14.1. The molecule has 33 heavy (non-hydrogen) atoms. The summed E-state index contributed by atoms with van der Waals surface area (Å²) in [4.78, 5) is 0. The number of aryl methyl sites for hydroxylation is 1. The van der Waals surface area contributed by atoms with E-state index in [-0.39, 0.29) is 5.11 Å². The second-order valence-electron chi connectivity index (χ2n) is 6.93. The lowest BCUT2D eigenvalue weighted by Crippen LogP contribution is -2.20. The van der Waals surface area contributed by atoms with E-state index in [1.165, 1.54) is 14.2 Å². The average Bonchev–Trinajstić information content (AvgIpc) is 3.06. The molecule has 0 atom stereocenters. The molecule has 0 fully saturated rings. The highest BCUT2D eigenvalue weighted by molar-refractivity contribution is 7.80. The third-order valence-corrected chi connectivity index (χ3v) is 5.04. The normalized spacial score (nSPS) is 10.8. The minimum absolute atomic E-state index is 0.160. The number of methoxy groups -OCH3 is 2. The first-order valence-corrected chi connectivity index (χ1v) is 9.83. The molecule has 0 amide bonds. The number of rotatable bonds is 6. The third kappa shape index (κ3) is 4.85. The van der Waals surface area contributed by atoms with E-state index in [4.69, 9.17) is 21.7 Å². The van der Waals surface area contributed by atoms with Crippen LogP contribution in [0.4, 0.5) is 33.3 Å². The van der Waals surface area contributed by atoms with E-state index >= 15 is 0 Å². The smallest absolute Gasteiger partial charge is 0.200 e. The summed E-state index contributed by atoms with van der Waals surface area (Å²) >= 11 is 5.32. The van der Waals surface area contributed by atoms with E-state index in [2.05, 4.69) is 15.7 Å². The molecular formula is C21H19F5N4O2S. The van der Waals surface area contributed by atoms with Gasteiger partial charge in [0, 0.05) is 23.9 Å².